The maximum Gasteiger partial charge on any atom is 0.344 e. The van der Waals surface area contributed by atoms with Crippen LogP contribution in [-0.2, 0) is 9.53 Å². The fourth-order valence-corrected chi connectivity index (χ4v) is 3.94. The van der Waals surface area contributed by atoms with Crippen molar-refractivity contribution in [1.82, 2.24) is 0 Å². The first-order valence-electron chi connectivity index (χ1n) is 13.6. The Morgan fingerprint density at radius 2 is 1.50 bits per heavy atom. The van der Waals surface area contributed by atoms with Crippen LogP contribution in [0.2, 0.25) is 0 Å². The van der Waals surface area contributed by atoms with Crippen molar-refractivity contribution < 1.29 is 28.5 Å². The SMILES string of the molecule is CCCN(C(=O)c1ccc(OCCCCCOc2ccc(C#N)cc2)cc1OCC(=O)OCC)c1ccccc1. The van der Waals surface area contributed by atoms with Gasteiger partial charge in [-0.15, -0.1) is 0 Å². The zero-order chi connectivity index (χ0) is 28.6. The van der Waals surface area contributed by atoms with E-state index in [9.17, 15) is 9.59 Å². The highest BCUT2D eigenvalue weighted by Crippen LogP contribution is 2.28. The maximum atomic E-state index is 13.6. The summed E-state index contributed by atoms with van der Waals surface area (Å²) >= 11 is 0. The number of nitriles is 1. The van der Waals surface area contributed by atoms with Crippen LogP contribution < -0.4 is 19.1 Å². The summed E-state index contributed by atoms with van der Waals surface area (Å²) in [6.07, 6.45) is 3.35. The second-order valence-electron chi connectivity index (χ2n) is 8.94. The number of carbonyl (C=O) groups excluding carboxylic acids is 2. The Morgan fingerprint density at radius 3 is 2.15 bits per heavy atom. The molecule has 0 atom stereocenters. The van der Waals surface area contributed by atoms with Crippen molar-refractivity contribution >= 4 is 17.6 Å². The van der Waals surface area contributed by atoms with E-state index in [1.165, 1.54) is 0 Å². The Labute approximate surface area is 236 Å². The molecule has 0 spiro atoms. The molecular weight excluding hydrogens is 508 g/mol. The summed E-state index contributed by atoms with van der Waals surface area (Å²) in [5.74, 6) is 0.823. The van der Waals surface area contributed by atoms with E-state index in [2.05, 4.69) is 6.07 Å². The smallest absolute Gasteiger partial charge is 0.344 e. The number of esters is 1. The van der Waals surface area contributed by atoms with Crippen LogP contribution in [-0.4, -0.2) is 44.8 Å². The second kappa shape index (κ2) is 16.5. The van der Waals surface area contributed by atoms with Crippen molar-refractivity contribution in [1.29, 1.82) is 5.26 Å². The highest BCUT2D eigenvalue weighted by atomic mass is 16.6. The molecule has 3 aromatic rings. The molecule has 0 saturated heterocycles. The summed E-state index contributed by atoms with van der Waals surface area (Å²) in [6, 6.07) is 23.7. The van der Waals surface area contributed by atoms with Gasteiger partial charge in [0.2, 0.25) is 0 Å². The van der Waals surface area contributed by atoms with Gasteiger partial charge in [0, 0.05) is 18.3 Å². The van der Waals surface area contributed by atoms with Crippen molar-refractivity contribution in [3.05, 3.63) is 83.9 Å². The van der Waals surface area contributed by atoms with E-state index in [1.807, 2.05) is 37.3 Å². The molecule has 0 N–H and O–H groups in total. The summed E-state index contributed by atoms with van der Waals surface area (Å²) in [5, 5.41) is 8.87. The van der Waals surface area contributed by atoms with E-state index in [0.717, 1.165) is 37.1 Å². The molecule has 3 rings (SSSR count). The summed E-state index contributed by atoms with van der Waals surface area (Å²) in [6.45, 7) is 5.26. The minimum absolute atomic E-state index is 0.222. The van der Waals surface area contributed by atoms with Crippen LogP contribution in [0.5, 0.6) is 17.2 Å². The molecule has 8 nitrogen and oxygen atoms in total. The monoisotopic (exact) mass is 544 g/mol. The molecule has 0 fully saturated rings. The van der Waals surface area contributed by atoms with Gasteiger partial charge in [0.15, 0.2) is 6.61 Å². The molecule has 40 heavy (non-hydrogen) atoms. The summed E-state index contributed by atoms with van der Waals surface area (Å²) in [4.78, 5) is 27.3. The van der Waals surface area contributed by atoms with E-state index >= 15 is 0 Å². The Hall–Kier alpha value is -4.51. The molecule has 3 aromatic carbocycles. The normalized spacial score (nSPS) is 10.3. The van der Waals surface area contributed by atoms with Crippen molar-refractivity contribution in [2.75, 3.05) is 37.9 Å². The zero-order valence-corrected chi connectivity index (χ0v) is 23.1. The lowest BCUT2D eigenvalue weighted by atomic mass is 10.1. The van der Waals surface area contributed by atoms with Crippen molar-refractivity contribution in [3.63, 3.8) is 0 Å². The van der Waals surface area contributed by atoms with E-state index in [-0.39, 0.29) is 24.9 Å². The Morgan fingerprint density at radius 1 is 0.825 bits per heavy atom. The van der Waals surface area contributed by atoms with Crippen LogP contribution in [0.3, 0.4) is 0 Å². The maximum absolute atomic E-state index is 13.6. The number of rotatable bonds is 16. The summed E-state index contributed by atoms with van der Waals surface area (Å²) in [5.41, 5.74) is 1.73. The number of ether oxygens (including phenoxy) is 4. The fraction of sp³-hybridized carbons (Fsp3) is 0.344. The van der Waals surface area contributed by atoms with Crippen LogP contribution in [0, 0.1) is 11.3 Å². The third-order valence-electron chi connectivity index (χ3n) is 5.90. The zero-order valence-electron chi connectivity index (χ0n) is 23.1. The van der Waals surface area contributed by atoms with E-state index in [4.69, 9.17) is 24.2 Å². The predicted molar refractivity (Wildman–Crippen MR) is 153 cm³/mol. The highest BCUT2D eigenvalue weighted by molar-refractivity contribution is 6.08. The summed E-state index contributed by atoms with van der Waals surface area (Å²) < 4.78 is 22.4. The van der Waals surface area contributed by atoms with Crippen LogP contribution >= 0.6 is 0 Å². The number of anilines is 1. The Balaban J connectivity index is 1.59. The first-order valence-corrected chi connectivity index (χ1v) is 13.6. The molecule has 0 bridgehead atoms. The molecule has 210 valence electrons. The molecule has 0 radical (unpaired) electrons. The minimum Gasteiger partial charge on any atom is -0.494 e. The van der Waals surface area contributed by atoms with Crippen LogP contribution in [0.15, 0.2) is 72.8 Å². The number of amides is 1. The third-order valence-corrected chi connectivity index (χ3v) is 5.90. The average molecular weight is 545 g/mol. The Kier molecular flexibility index (Phi) is 12.4. The molecule has 0 unspecified atom stereocenters. The van der Waals surface area contributed by atoms with E-state index < -0.39 is 5.97 Å². The lowest BCUT2D eigenvalue weighted by Crippen LogP contribution is -2.32. The number of hydrogen-bond acceptors (Lipinski definition) is 7. The van der Waals surface area contributed by atoms with E-state index in [0.29, 0.717) is 36.6 Å². The van der Waals surface area contributed by atoms with E-state index in [1.54, 1.807) is 54.3 Å². The predicted octanol–water partition coefficient (Wildman–Crippen LogP) is 6.19. The summed E-state index contributed by atoms with van der Waals surface area (Å²) in [7, 11) is 0. The van der Waals surface area contributed by atoms with Gasteiger partial charge in [0.1, 0.15) is 17.2 Å². The number of carbonyl (C=O) groups is 2. The molecule has 0 saturated carbocycles. The molecule has 0 aliphatic rings. The number of hydrogen-bond donors (Lipinski definition) is 0. The largest absolute Gasteiger partial charge is 0.494 e. The number of benzene rings is 3. The van der Waals surface area contributed by atoms with Crippen molar-refractivity contribution in [2.45, 2.75) is 39.5 Å². The van der Waals surface area contributed by atoms with Crippen LogP contribution in [0.25, 0.3) is 0 Å². The van der Waals surface area contributed by atoms with Gasteiger partial charge in [-0.05, 0) is 81.1 Å². The first kappa shape index (κ1) is 30.0. The van der Waals surface area contributed by atoms with Crippen molar-refractivity contribution in [3.8, 4) is 23.3 Å². The second-order valence-corrected chi connectivity index (χ2v) is 8.94. The van der Waals surface area contributed by atoms with Gasteiger partial charge in [-0.25, -0.2) is 4.79 Å². The van der Waals surface area contributed by atoms with Gasteiger partial charge < -0.3 is 23.8 Å². The lowest BCUT2D eigenvalue weighted by molar-refractivity contribution is -0.145. The van der Waals surface area contributed by atoms with Gasteiger partial charge in [0.25, 0.3) is 5.91 Å². The Bertz CT molecular complexity index is 1250. The number of para-hydroxylation sites is 1. The van der Waals surface area contributed by atoms with Gasteiger partial charge in [-0.2, -0.15) is 5.26 Å². The standard InChI is InChI=1S/C32H36N2O6/c1-3-19-34(26-11-7-5-8-12-26)32(36)29-18-17-28(22-30(29)40-24-31(35)37-4-2)39-21-10-6-9-20-38-27-15-13-25(23-33)14-16-27/h5,7-8,11-18,22H,3-4,6,9-10,19-21,24H2,1-2H3. The molecule has 0 heterocycles. The van der Waals surface area contributed by atoms with Gasteiger partial charge >= 0.3 is 5.97 Å². The molecule has 0 aliphatic heterocycles. The highest BCUT2D eigenvalue weighted by Gasteiger charge is 2.22. The van der Waals surface area contributed by atoms with Crippen molar-refractivity contribution in [2.24, 2.45) is 0 Å². The molecule has 8 heteroatoms. The molecule has 0 aromatic heterocycles. The van der Waals surface area contributed by atoms with Gasteiger partial charge in [-0.3, -0.25) is 4.79 Å². The molecule has 0 aliphatic carbocycles. The average Bonchev–Trinajstić information content (AvgIpc) is 2.99. The number of unbranched alkanes of at least 4 members (excludes halogenated alkanes) is 2. The topological polar surface area (TPSA) is 98.1 Å². The van der Waals surface area contributed by atoms with Gasteiger partial charge in [0.05, 0.1) is 37.0 Å². The van der Waals surface area contributed by atoms with Crippen LogP contribution in [0.1, 0.15) is 55.5 Å². The first-order chi connectivity index (χ1) is 19.5. The third kappa shape index (κ3) is 9.35. The quantitative estimate of drug-likeness (QED) is 0.157. The lowest BCUT2D eigenvalue weighted by Gasteiger charge is -2.23. The molecule has 1 amide bonds. The fourth-order valence-electron chi connectivity index (χ4n) is 3.94. The number of nitrogens with zero attached hydrogens (tertiary/aromatic N) is 2. The van der Waals surface area contributed by atoms with Gasteiger partial charge in [-0.1, -0.05) is 25.1 Å². The minimum atomic E-state index is -0.510. The van der Waals surface area contributed by atoms with Crippen LogP contribution in [0.4, 0.5) is 5.69 Å². The molecular formula is C32H36N2O6.